The summed E-state index contributed by atoms with van der Waals surface area (Å²) in [5.74, 6) is -0.318. The highest BCUT2D eigenvalue weighted by Crippen LogP contribution is 2.21. The lowest BCUT2D eigenvalue weighted by molar-refractivity contribution is -0.130. The minimum absolute atomic E-state index is 0.318. The highest BCUT2D eigenvalue weighted by Gasteiger charge is 2.46. The van der Waals surface area contributed by atoms with Gasteiger partial charge in [0, 0.05) is 4.90 Å². The number of hydrazone groups is 1. The second kappa shape index (κ2) is 5.66. The Morgan fingerprint density at radius 1 is 1.35 bits per heavy atom. The van der Waals surface area contributed by atoms with Crippen LogP contribution >= 0.6 is 11.8 Å². The first kappa shape index (κ1) is 14.6. The maximum atomic E-state index is 12.1. The summed E-state index contributed by atoms with van der Waals surface area (Å²) in [6.45, 7) is 3.56. The molecule has 0 bridgehead atoms. The van der Waals surface area contributed by atoms with Gasteiger partial charge in [0.1, 0.15) is 5.54 Å². The average molecular weight is 291 g/mol. The molecule has 0 aliphatic carbocycles. The quantitative estimate of drug-likeness (QED) is 0.526. The minimum atomic E-state index is -0.850. The van der Waals surface area contributed by atoms with E-state index in [9.17, 15) is 9.59 Å². The van der Waals surface area contributed by atoms with Crippen molar-refractivity contribution < 1.29 is 9.59 Å². The summed E-state index contributed by atoms with van der Waals surface area (Å²) in [6.07, 6.45) is 4.05. The van der Waals surface area contributed by atoms with Crippen LogP contribution in [-0.2, 0) is 4.79 Å². The number of thioether (sulfide) groups is 1. The van der Waals surface area contributed by atoms with Crippen LogP contribution in [0.1, 0.15) is 25.8 Å². The first-order valence-electron chi connectivity index (χ1n) is 6.35. The summed E-state index contributed by atoms with van der Waals surface area (Å²) < 4.78 is 0. The predicted molar refractivity (Wildman–Crippen MR) is 79.9 cm³/mol. The number of carbonyl (C=O) groups is 2. The summed E-state index contributed by atoms with van der Waals surface area (Å²) in [7, 11) is 0. The molecule has 1 atom stereocenters. The van der Waals surface area contributed by atoms with Crippen LogP contribution in [-0.4, -0.2) is 35.0 Å². The van der Waals surface area contributed by atoms with E-state index in [1.165, 1.54) is 6.21 Å². The molecule has 0 spiro atoms. The third kappa shape index (κ3) is 2.70. The summed E-state index contributed by atoms with van der Waals surface area (Å²) in [4.78, 5) is 25.0. The lowest BCUT2D eigenvalue weighted by Crippen LogP contribution is -2.42. The van der Waals surface area contributed by atoms with E-state index >= 15 is 0 Å². The van der Waals surface area contributed by atoms with E-state index in [1.807, 2.05) is 37.4 Å². The van der Waals surface area contributed by atoms with E-state index in [4.69, 9.17) is 0 Å². The number of amides is 3. The van der Waals surface area contributed by atoms with Gasteiger partial charge in [-0.05, 0) is 37.3 Å². The largest absolute Gasteiger partial charge is 0.346 e. The Labute approximate surface area is 122 Å². The number of rotatable bonds is 4. The fourth-order valence-corrected chi connectivity index (χ4v) is 2.24. The number of hydrogen-bond donors (Lipinski definition) is 1. The van der Waals surface area contributed by atoms with Crippen LogP contribution in [0.4, 0.5) is 4.79 Å². The fourth-order valence-electron chi connectivity index (χ4n) is 1.83. The molecule has 1 aromatic carbocycles. The third-order valence-corrected chi connectivity index (χ3v) is 4.13. The maximum Gasteiger partial charge on any atom is 0.346 e. The molecule has 1 aliphatic rings. The molecule has 1 unspecified atom stereocenters. The van der Waals surface area contributed by atoms with Gasteiger partial charge in [0.25, 0.3) is 5.91 Å². The smallest absolute Gasteiger partial charge is 0.322 e. The number of carbonyl (C=O) groups excluding carboxylic acids is 2. The van der Waals surface area contributed by atoms with Crippen molar-refractivity contribution in [2.45, 2.75) is 30.7 Å². The van der Waals surface area contributed by atoms with Crippen LogP contribution in [0, 0.1) is 0 Å². The highest BCUT2D eigenvalue weighted by molar-refractivity contribution is 7.98. The van der Waals surface area contributed by atoms with Crippen LogP contribution in [0.2, 0.25) is 0 Å². The monoisotopic (exact) mass is 291 g/mol. The lowest BCUT2D eigenvalue weighted by Gasteiger charge is -2.17. The molecule has 20 heavy (non-hydrogen) atoms. The second-order valence-corrected chi connectivity index (χ2v) is 5.63. The van der Waals surface area contributed by atoms with Gasteiger partial charge < -0.3 is 5.32 Å². The van der Waals surface area contributed by atoms with Crippen molar-refractivity contribution in [3.05, 3.63) is 29.8 Å². The molecule has 6 heteroatoms. The molecule has 0 radical (unpaired) electrons. The number of benzene rings is 1. The zero-order valence-electron chi connectivity index (χ0n) is 11.7. The topological polar surface area (TPSA) is 61.8 Å². The molecular formula is C14H17N3O2S. The van der Waals surface area contributed by atoms with Crippen molar-refractivity contribution in [3.63, 3.8) is 0 Å². The van der Waals surface area contributed by atoms with Gasteiger partial charge >= 0.3 is 6.03 Å². The Bertz CT molecular complexity index is 556. The molecule has 1 saturated heterocycles. The summed E-state index contributed by atoms with van der Waals surface area (Å²) >= 11 is 1.65. The van der Waals surface area contributed by atoms with Crippen molar-refractivity contribution in [2.75, 3.05) is 6.26 Å². The molecule has 1 fully saturated rings. The standard InChI is InChI=1S/C14H17N3O2S/c1-4-14(2)12(18)17(13(19)16-14)15-9-10-5-7-11(20-3)8-6-10/h5-9H,4H2,1-3H3,(H,16,19)/b15-9+. The average Bonchev–Trinajstić information content (AvgIpc) is 2.68. The lowest BCUT2D eigenvalue weighted by atomic mass is 10.00. The van der Waals surface area contributed by atoms with E-state index in [2.05, 4.69) is 10.4 Å². The second-order valence-electron chi connectivity index (χ2n) is 4.75. The van der Waals surface area contributed by atoms with Crippen molar-refractivity contribution in [2.24, 2.45) is 5.10 Å². The Morgan fingerprint density at radius 3 is 2.50 bits per heavy atom. The van der Waals surface area contributed by atoms with Gasteiger partial charge in [-0.15, -0.1) is 16.8 Å². The SMILES string of the molecule is CCC1(C)NC(=O)N(/N=C/c2ccc(SC)cc2)C1=O. The first-order chi connectivity index (χ1) is 9.50. The number of nitrogens with zero attached hydrogens (tertiary/aromatic N) is 2. The molecule has 1 aliphatic heterocycles. The van der Waals surface area contributed by atoms with Crippen molar-refractivity contribution in [3.8, 4) is 0 Å². The molecule has 3 amide bonds. The number of hydrogen-bond acceptors (Lipinski definition) is 4. The molecule has 1 heterocycles. The molecule has 0 saturated carbocycles. The number of urea groups is 1. The van der Waals surface area contributed by atoms with Crippen molar-refractivity contribution >= 4 is 29.9 Å². The number of imide groups is 1. The van der Waals surface area contributed by atoms with E-state index in [1.54, 1.807) is 18.7 Å². The summed E-state index contributed by atoms with van der Waals surface area (Å²) in [5.41, 5.74) is -0.00886. The third-order valence-electron chi connectivity index (χ3n) is 3.38. The van der Waals surface area contributed by atoms with E-state index < -0.39 is 11.6 Å². The molecule has 1 N–H and O–H groups in total. The molecule has 1 aromatic rings. The van der Waals surface area contributed by atoms with Gasteiger partial charge in [-0.2, -0.15) is 5.10 Å². The van der Waals surface area contributed by atoms with Gasteiger partial charge in [-0.25, -0.2) is 4.79 Å². The van der Waals surface area contributed by atoms with E-state index in [0.717, 1.165) is 15.5 Å². The van der Waals surface area contributed by atoms with Crippen LogP contribution in [0.5, 0.6) is 0 Å². The molecule has 2 rings (SSSR count). The van der Waals surface area contributed by atoms with Crippen LogP contribution in [0.15, 0.2) is 34.3 Å². The number of nitrogens with one attached hydrogen (secondary N) is 1. The van der Waals surface area contributed by atoms with Gasteiger partial charge in [-0.1, -0.05) is 19.1 Å². The fraction of sp³-hybridized carbons (Fsp3) is 0.357. The Kier molecular flexibility index (Phi) is 4.13. The van der Waals surface area contributed by atoms with E-state index in [0.29, 0.717) is 6.42 Å². The maximum absolute atomic E-state index is 12.1. The zero-order chi connectivity index (χ0) is 14.8. The summed E-state index contributed by atoms with van der Waals surface area (Å²) in [5, 5.41) is 7.54. The summed E-state index contributed by atoms with van der Waals surface area (Å²) in [6, 6.07) is 7.25. The van der Waals surface area contributed by atoms with Gasteiger partial charge in [0.2, 0.25) is 0 Å². The molecular weight excluding hydrogens is 274 g/mol. The van der Waals surface area contributed by atoms with Crippen molar-refractivity contribution in [1.29, 1.82) is 0 Å². The Morgan fingerprint density at radius 2 is 2.00 bits per heavy atom. The molecule has 106 valence electrons. The van der Waals surface area contributed by atoms with E-state index in [-0.39, 0.29) is 5.91 Å². The minimum Gasteiger partial charge on any atom is -0.322 e. The predicted octanol–water partition coefficient (Wildman–Crippen LogP) is 2.46. The Balaban J connectivity index is 2.14. The van der Waals surface area contributed by atoms with Gasteiger partial charge in [0.05, 0.1) is 6.21 Å². The van der Waals surface area contributed by atoms with Gasteiger partial charge in [0.15, 0.2) is 0 Å². The van der Waals surface area contributed by atoms with Crippen LogP contribution in [0.3, 0.4) is 0 Å². The zero-order valence-corrected chi connectivity index (χ0v) is 12.5. The highest BCUT2D eigenvalue weighted by atomic mass is 32.2. The molecule has 5 nitrogen and oxygen atoms in total. The molecule has 0 aromatic heterocycles. The van der Waals surface area contributed by atoms with Crippen molar-refractivity contribution in [1.82, 2.24) is 10.3 Å². The van der Waals surface area contributed by atoms with Crippen LogP contribution in [0.25, 0.3) is 0 Å². The first-order valence-corrected chi connectivity index (χ1v) is 7.57. The normalized spacial score (nSPS) is 22.6. The van der Waals surface area contributed by atoms with Gasteiger partial charge in [-0.3, -0.25) is 4.79 Å². The Hall–Kier alpha value is -1.82. The van der Waals surface area contributed by atoms with Crippen LogP contribution < -0.4 is 5.32 Å².